The van der Waals surface area contributed by atoms with E-state index in [0.717, 1.165) is 28.8 Å². The van der Waals surface area contributed by atoms with Crippen molar-refractivity contribution in [2.75, 3.05) is 20.3 Å². The van der Waals surface area contributed by atoms with E-state index in [4.69, 9.17) is 4.74 Å². The Morgan fingerprint density at radius 3 is 2.69 bits per heavy atom. The van der Waals surface area contributed by atoms with Gasteiger partial charge in [0.1, 0.15) is 17.0 Å². The number of carbonyl (C=O) groups is 1. The van der Waals surface area contributed by atoms with Gasteiger partial charge in [0.05, 0.1) is 38.1 Å². The minimum Gasteiger partial charge on any atom is -0.496 e. The Labute approximate surface area is 210 Å². The fraction of sp³-hybridized carbons (Fsp3) is 0.500. The monoisotopic (exact) mass is 489 g/mol. The van der Waals surface area contributed by atoms with Crippen molar-refractivity contribution in [1.82, 2.24) is 29.7 Å². The molecule has 0 bridgehead atoms. The lowest BCUT2D eigenvalue weighted by atomic mass is 9.82. The van der Waals surface area contributed by atoms with Gasteiger partial charge in [-0.3, -0.25) is 4.79 Å². The maximum Gasteiger partial charge on any atom is 0.271 e. The molecule has 0 radical (unpaired) electrons. The van der Waals surface area contributed by atoms with Gasteiger partial charge in [-0.15, -0.1) is 10.2 Å². The van der Waals surface area contributed by atoms with Crippen molar-refractivity contribution < 1.29 is 14.6 Å². The average Bonchev–Trinajstić information content (AvgIpc) is 3.59. The average molecular weight is 490 g/mol. The molecule has 1 fully saturated rings. The first-order chi connectivity index (χ1) is 17.1. The van der Waals surface area contributed by atoms with Crippen LogP contribution in [-0.2, 0) is 25.4 Å². The SMILES string of the molecule is COc1cc2c(cc1-c1nnn(C)n1)-c1c(C(C)(C)CO)cc(C(=O)N3CCC[C@]3(C)C#N)n1CC2. The largest absolute Gasteiger partial charge is 0.496 e. The molecule has 0 unspecified atom stereocenters. The Balaban J connectivity index is 1.73. The van der Waals surface area contributed by atoms with Gasteiger partial charge < -0.3 is 19.3 Å². The van der Waals surface area contributed by atoms with Gasteiger partial charge in [0.15, 0.2) is 0 Å². The lowest BCUT2D eigenvalue weighted by Crippen LogP contribution is -2.44. The molecule has 1 aromatic carbocycles. The molecule has 10 nitrogen and oxygen atoms in total. The normalized spacial score (nSPS) is 19.1. The highest BCUT2D eigenvalue weighted by Gasteiger charge is 2.42. The maximum absolute atomic E-state index is 13.9. The van der Waals surface area contributed by atoms with Crippen LogP contribution in [0.4, 0.5) is 0 Å². The van der Waals surface area contributed by atoms with E-state index in [0.29, 0.717) is 48.8 Å². The first-order valence-corrected chi connectivity index (χ1v) is 12.2. The van der Waals surface area contributed by atoms with Gasteiger partial charge in [-0.2, -0.15) is 10.1 Å². The minimum absolute atomic E-state index is 0.0820. The molecule has 5 rings (SSSR count). The lowest BCUT2D eigenvalue weighted by Gasteiger charge is -2.30. The van der Waals surface area contributed by atoms with Gasteiger partial charge in [0.2, 0.25) is 5.82 Å². The molecule has 36 heavy (non-hydrogen) atoms. The zero-order valence-electron chi connectivity index (χ0n) is 21.4. The van der Waals surface area contributed by atoms with Crippen LogP contribution >= 0.6 is 0 Å². The summed E-state index contributed by atoms with van der Waals surface area (Å²) in [5, 5.41) is 32.6. The number of rotatable bonds is 5. The third-order valence-corrected chi connectivity index (χ3v) is 7.60. The van der Waals surface area contributed by atoms with Gasteiger partial charge in [0.25, 0.3) is 5.91 Å². The fourth-order valence-corrected chi connectivity index (χ4v) is 5.41. The number of hydrogen-bond acceptors (Lipinski definition) is 7. The number of tetrazole rings is 1. The molecule has 1 saturated heterocycles. The summed E-state index contributed by atoms with van der Waals surface area (Å²) in [4.78, 5) is 17.0. The van der Waals surface area contributed by atoms with Crippen molar-refractivity contribution in [2.45, 2.75) is 57.5 Å². The molecule has 0 spiro atoms. The highest BCUT2D eigenvalue weighted by molar-refractivity contribution is 5.96. The predicted molar refractivity (Wildman–Crippen MR) is 132 cm³/mol. The quantitative estimate of drug-likeness (QED) is 0.585. The second-order valence-electron chi connectivity index (χ2n) is 10.5. The zero-order valence-corrected chi connectivity index (χ0v) is 21.4. The molecule has 2 aromatic heterocycles. The standard InChI is InChI=1S/C26H31N7O3/c1-25(2,15-34)19-13-20(24(35)33-9-6-8-26(33,3)14-27)32-10-7-16-11-21(36-5)18(12-17(16)22(19)32)23-28-30-31(4)29-23/h11-13,34H,6-10,15H2,1-5H3/t26-/m1/s1. The molecular formula is C26H31N7O3. The first kappa shape index (κ1) is 24.0. The number of carbonyl (C=O) groups excluding carboxylic acids is 1. The fourth-order valence-electron chi connectivity index (χ4n) is 5.41. The number of nitriles is 1. The Bertz CT molecular complexity index is 1400. The van der Waals surface area contributed by atoms with Crippen LogP contribution in [0.5, 0.6) is 5.75 Å². The van der Waals surface area contributed by atoms with Crippen molar-refractivity contribution in [3.63, 3.8) is 0 Å². The Morgan fingerprint density at radius 1 is 1.28 bits per heavy atom. The molecule has 1 atom stereocenters. The minimum atomic E-state index is -0.820. The molecule has 1 amide bonds. The van der Waals surface area contributed by atoms with E-state index in [-0.39, 0.29) is 12.5 Å². The number of amides is 1. The van der Waals surface area contributed by atoms with E-state index in [2.05, 4.69) is 21.5 Å². The molecular weight excluding hydrogens is 458 g/mol. The first-order valence-electron chi connectivity index (χ1n) is 12.2. The number of fused-ring (bicyclic) bond motifs is 3. The molecule has 4 heterocycles. The number of benzene rings is 1. The molecule has 2 aliphatic heterocycles. The highest BCUT2D eigenvalue weighted by Crippen LogP contribution is 2.44. The molecule has 2 aliphatic rings. The maximum atomic E-state index is 13.9. The van der Waals surface area contributed by atoms with Crippen LogP contribution in [0.15, 0.2) is 18.2 Å². The molecule has 0 aliphatic carbocycles. The van der Waals surface area contributed by atoms with E-state index in [9.17, 15) is 15.2 Å². The van der Waals surface area contributed by atoms with Gasteiger partial charge in [-0.05, 0) is 60.7 Å². The van der Waals surface area contributed by atoms with Crippen molar-refractivity contribution >= 4 is 5.91 Å². The second-order valence-corrected chi connectivity index (χ2v) is 10.5. The summed E-state index contributed by atoms with van der Waals surface area (Å²) in [6, 6.07) is 8.25. The Hall–Kier alpha value is -3.71. The smallest absolute Gasteiger partial charge is 0.271 e. The van der Waals surface area contributed by atoms with Crippen LogP contribution in [0.25, 0.3) is 22.6 Å². The van der Waals surface area contributed by atoms with Crippen LogP contribution in [0.1, 0.15) is 55.2 Å². The molecule has 188 valence electrons. The molecule has 0 saturated carbocycles. The molecule has 1 N–H and O–H groups in total. The Kier molecular flexibility index (Phi) is 5.63. The summed E-state index contributed by atoms with van der Waals surface area (Å²) in [5.41, 5.74) is 3.64. The van der Waals surface area contributed by atoms with E-state index in [1.165, 1.54) is 4.80 Å². The lowest BCUT2D eigenvalue weighted by molar-refractivity contribution is 0.0681. The van der Waals surface area contributed by atoms with E-state index < -0.39 is 11.0 Å². The summed E-state index contributed by atoms with van der Waals surface area (Å²) in [6.45, 7) is 6.84. The van der Waals surface area contributed by atoms with Crippen molar-refractivity contribution in [3.8, 4) is 34.5 Å². The highest BCUT2D eigenvalue weighted by atomic mass is 16.5. The summed E-state index contributed by atoms with van der Waals surface area (Å²) >= 11 is 0. The molecule has 10 heteroatoms. The Morgan fingerprint density at radius 2 is 2.06 bits per heavy atom. The van der Waals surface area contributed by atoms with Crippen LogP contribution in [0.3, 0.4) is 0 Å². The summed E-state index contributed by atoms with van der Waals surface area (Å²) < 4.78 is 7.72. The third-order valence-electron chi connectivity index (χ3n) is 7.60. The molecule has 3 aromatic rings. The summed E-state index contributed by atoms with van der Waals surface area (Å²) in [5.74, 6) is 0.954. The number of hydrogen-bond donors (Lipinski definition) is 1. The number of likely N-dealkylation sites (tertiary alicyclic amines) is 1. The summed E-state index contributed by atoms with van der Waals surface area (Å²) in [6.07, 6.45) is 2.17. The number of aliphatic hydroxyl groups is 1. The van der Waals surface area contributed by atoms with Crippen LogP contribution < -0.4 is 4.74 Å². The van der Waals surface area contributed by atoms with Gasteiger partial charge >= 0.3 is 0 Å². The second kappa shape index (κ2) is 8.45. The number of aryl methyl sites for hydroxylation is 2. The third kappa shape index (κ3) is 3.57. The van der Waals surface area contributed by atoms with Crippen molar-refractivity contribution in [3.05, 3.63) is 35.0 Å². The van der Waals surface area contributed by atoms with Crippen molar-refractivity contribution in [2.24, 2.45) is 7.05 Å². The number of methoxy groups -OCH3 is 1. The van der Waals surface area contributed by atoms with E-state index >= 15 is 0 Å². The number of ether oxygens (including phenoxy) is 1. The van der Waals surface area contributed by atoms with Crippen molar-refractivity contribution in [1.29, 1.82) is 5.26 Å². The number of aliphatic hydroxyl groups excluding tert-OH is 1. The van der Waals surface area contributed by atoms with E-state index in [1.807, 2.05) is 43.5 Å². The number of nitrogens with zero attached hydrogens (tertiary/aromatic N) is 7. The topological polar surface area (TPSA) is 122 Å². The van der Waals surface area contributed by atoms with Crippen LogP contribution in [-0.4, -0.2) is 66.5 Å². The zero-order chi connectivity index (χ0) is 25.8. The van der Waals surface area contributed by atoms with Crippen LogP contribution in [0, 0.1) is 11.3 Å². The predicted octanol–water partition coefficient (Wildman–Crippen LogP) is 2.70. The van der Waals surface area contributed by atoms with Gasteiger partial charge in [0, 0.05) is 24.1 Å². The van der Waals surface area contributed by atoms with Gasteiger partial charge in [-0.1, -0.05) is 13.8 Å². The van der Waals surface area contributed by atoms with E-state index in [1.54, 1.807) is 19.1 Å². The summed E-state index contributed by atoms with van der Waals surface area (Å²) in [7, 11) is 3.33. The number of aromatic nitrogens is 5. The van der Waals surface area contributed by atoms with Crippen LogP contribution in [0.2, 0.25) is 0 Å². The van der Waals surface area contributed by atoms with Gasteiger partial charge in [-0.25, -0.2) is 0 Å².